The lowest BCUT2D eigenvalue weighted by Crippen LogP contribution is -2.57. The molecule has 0 unspecified atom stereocenters. The van der Waals surface area contributed by atoms with E-state index in [0.29, 0.717) is 12.7 Å². The molecule has 1 aromatic carbocycles. The van der Waals surface area contributed by atoms with Gasteiger partial charge in [-0.2, -0.15) is 0 Å². The van der Waals surface area contributed by atoms with E-state index in [1.165, 1.54) is 0 Å². The quantitative estimate of drug-likeness (QED) is 0.308. The minimum atomic E-state index is -1.11. The van der Waals surface area contributed by atoms with E-state index >= 15 is 0 Å². The summed E-state index contributed by atoms with van der Waals surface area (Å²) in [6, 6.07) is 5.95. The number of amides is 4. The molecule has 0 spiro atoms. The Hall–Kier alpha value is -3.43. The molecule has 0 bridgehead atoms. The van der Waals surface area contributed by atoms with Crippen LogP contribution in [0.15, 0.2) is 30.3 Å². The van der Waals surface area contributed by atoms with Crippen LogP contribution >= 0.6 is 0 Å². The SMILES string of the molecule is CC(C)C[C@H](NC(=O)[C@H](CCC=O)NC(=O)[C@H](Cc1ccccc1)NC(=O)OC(C)(C)C)C(N)=O. The van der Waals surface area contributed by atoms with Gasteiger partial charge in [-0.1, -0.05) is 44.2 Å². The molecule has 35 heavy (non-hydrogen) atoms. The van der Waals surface area contributed by atoms with Crippen molar-refractivity contribution in [1.29, 1.82) is 0 Å². The summed E-state index contributed by atoms with van der Waals surface area (Å²) in [5, 5.41) is 7.73. The van der Waals surface area contributed by atoms with Gasteiger partial charge in [0.15, 0.2) is 0 Å². The molecule has 5 N–H and O–H groups in total. The normalized spacial score (nSPS) is 13.8. The third-order valence-corrected chi connectivity index (χ3v) is 4.86. The summed E-state index contributed by atoms with van der Waals surface area (Å²) in [6.45, 7) is 8.86. The number of hydrogen-bond acceptors (Lipinski definition) is 6. The zero-order valence-electron chi connectivity index (χ0n) is 21.1. The summed E-state index contributed by atoms with van der Waals surface area (Å²) in [5.74, 6) is -1.88. The highest BCUT2D eigenvalue weighted by molar-refractivity contribution is 5.93. The summed E-state index contributed by atoms with van der Waals surface area (Å²) < 4.78 is 5.28. The number of carbonyl (C=O) groups is 5. The summed E-state index contributed by atoms with van der Waals surface area (Å²) in [4.78, 5) is 61.2. The van der Waals surface area contributed by atoms with Crippen LogP contribution in [0, 0.1) is 5.92 Å². The van der Waals surface area contributed by atoms with Gasteiger partial charge in [0.25, 0.3) is 0 Å². The van der Waals surface area contributed by atoms with Crippen LogP contribution in [-0.2, 0) is 30.3 Å². The molecule has 10 heteroatoms. The Morgan fingerprint density at radius 1 is 0.943 bits per heavy atom. The Morgan fingerprint density at radius 2 is 1.51 bits per heavy atom. The van der Waals surface area contributed by atoms with Crippen molar-refractivity contribution in [1.82, 2.24) is 16.0 Å². The molecule has 0 heterocycles. The molecule has 0 aliphatic rings. The van der Waals surface area contributed by atoms with E-state index in [1.807, 2.05) is 19.9 Å². The van der Waals surface area contributed by atoms with Gasteiger partial charge < -0.3 is 31.2 Å². The smallest absolute Gasteiger partial charge is 0.408 e. The van der Waals surface area contributed by atoms with Crippen molar-refractivity contribution in [2.24, 2.45) is 11.7 Å². The largest absolute Gasteiger partial charge is 0.444 e. The second-order valence-corrected chi connectivity index (χ2v) is 9.79. The van der Waals surface area contributed by atoms with E-state index < -0.39 is 47.5 Å². The third kappa shape index (κ3) is 12.0. The first-order valence-corrected chi connectivity index (χ1v) is 11.7. The van der Waals surface area contributed by atoms with Crippen LogP contribution in [0.25, 0.3) is 0 Å². The number of rotatable bonds is 13. The number of primary amides is 1. The number of nitrogens with one attached hydrogen (secondary N) is 3. The number of aldehydes is 1. The Morgan fingerprint density at radius 3 is 2.03 bits per heavy atom. The van der Waals surface area contributed by atoms with E-state index in [-0.39, 0.29) is 25.2 Å². The molecule has 0 aliphatic heterocycles. The van der Waals surface area contributed by atoms with Gasteiger partial charge in [-0.3, -0.25) is 14.4 Å². The van der Waals surface area contributed by atoms with E-state index in [4.69, 9.17) is 10.5 Å². The standard InChI is InChI=1S/C25H38N4O6/c1-16(2)14-19(21(26)31)28-22(32)18(12-9-13-30)27-23(33)20(15-17-10-7-6-8-11-17)29-24(34)35-25(3,4)5/h6-8,10-11,13,16,18-20H,9,12,14-15H2,1-5H3,(H2,26,31)(H,27,33)(H,28,32)(H,29,34)/t18-,19-,20-/m0/s1. The topological polar surface area (TPSA) is 157 Å². The molecule has 3 atom stereocenters. The van der Waals surface area contributed by atoms with Gasteiger partial charge in [-0.05, 0) is 45.1 Å². The van der Waals surface area contributed by atoms with Crippen LogP contribution in [0.2, 0.25) is 0 Å². The van der Waals surface area contributed by atoms with Crippen LogP contribution in [0.5, 0.6) is 0 Å². The fraction of sp³-hybridized carbons (Fsp3) is 0.560. The van der Waals surface area contributed by atoms with Crippen LogP contribution in [0.1, 0.15) is 59.4 Å². The molecular weight excluding hydrogens is 452 g/mol. The fourth-order valence-electron chi connectivity index (χ4n) is 3.27. The van der Waals surface area contributed by atoms with Crippen LogP contribution in [0.4, 0.5) is 4.79 Å². The zero-order valence-corrected chi connectivity index (χ0v) is 21.1. The molecule has 0 fully saturated rings. The maximum atomic E-state index is 13.2. The molecule has 0 saturated heterocycles. The van der Waals surface area contributed by atoms with E-state index in [0.717, 1.165) is 5.56 Å². The minimum absolute atomic E-state index is 0.00658. The van der Waals surface area contributed by atoms with Crippen molar-refractivity contribution >= 4 is 30.1 Å². The second-order valence-electron chi connectivity index (χ2n) is 9.79. The molecule has 0 aliphatic carbocycles. The number of carbonyl (C=O) groups excluding carboxylic acids is 5. The van der Waals surface area contributed by atoms with Crippen LogP contribution in [0.3, 0.4) is 0 Å². The average molecular weight is 491 g/mol. The highest BCUT2D eigenvalue weighted by Gasteiger charge is 2.30. The lowest BCUT2D eigenvalue weighted by molar-refractivity contribution is -0.132. The minimum Gasteiger partial charge on any atom is -0.444 e. The monoisotopic (exact) mass is 490 g/mol. The third-order valence-electron chi connectivity index (χ3n) is 4.86. The Labute approximate surface area is 206 Å². The van der Waals surface area contributed by atoms with E-state index in [2.05, 4.69) is 16.0 Å². The predicted molar refractivity (Wildman–Crippen MR) is 131 cm³/mol. The highest BCUT2D eigenvalue weighted by atomic mass is 16.6. The van der Waals surface area contributed by atoms with Crippen molar-refractivity contribution in [3.63, 3.8) is 0 Å². The van der Waals surface area contributed by atoms with E-state index in [1.54, 1.807) is 45.0 Å². The number of nitrogens with two attached hydrogens (primary N) is 1. The number of benzene rings is 1. The van der Waals surface area contributed by atoms with Gasteiger partial charge in [0.2, 0.25) is 17.7 Å². The summed E-state index contributed by atoms with van der Waals surface area (Å²) in [6.07, 6.45) is 0.336. The average Bonchev–Trinajstić information content (AvgIpc) is 2.74. The zero-order chi connectivity index (χ0) is 26.6. The summed E-state index contributed by atoms with van der Waals surface area (Å²) >= 11 is 0. The predicted octanol–water partition coefficient (Wildman–Crippen LogP) is 1.60. The van der Waals surface area contributed by atoms with E-state index in [9.17, 15) is 24.0 Å². The number of hydrogen-bond donors (Lipinski definition) is 4. The lowest BCUT2D eigenvalue weighted by Gasteiger charge is -2.26. The van der Waals surface area contributed by atoms with Gasteiger partial charge in [0, 0.05) is 12.8 Å². The van der Waals surface area contributed by atoms with Crippen LogP contribution < -0.4 is 21.7 Å². The first-order chi connectivity index (χ1) is 16.3. The van der Waals surface area contributed by atoms with Gasteiger partial charge >= 0.3 is 6.09 Å². The second kappa shape index (κ2) is 14.1. The van der Waals surface area contributed by atoms with Gasteiger partial charge in [-0.15, -0.1) is 0 Å². The Balaban J connectivity index is 3.06. The molecule has 0 aromatic heterocycles. The molecule has 10 nitrogen and oxygen atoms in total. The molecule has 1 aromatic rings. The fourth-order valence-corrected chi connectivity index (χ4v) is 3.27. The van der Waals surface area contributed by atoms with Gasteiger partial charge in [0.05, 0.1) is 0 Å². The highest BCUT2D eigenvalue weighted by Crippen LogP contribution is 2.10. The summed E-state index contributed by atoms with van der Waals surface area (Å²) in [5.41, 5.74) is 5.42. The van der Waals surface area contributed by atoms with Crippen molar-refractivity contribution in [2.45, 2.75) is 84.0 Å². The number of alkyl carbamates (subject to hydrolysis) is 1. The van der Waals surface area contributed by atoms with Crippen molar-refractivity contribution in [3.8, 4) is 0 Å². The van der Waals surface area contributed by atoms with Gasteiger partial charge in [-0.25, -0.2) is 4.79 Å². The number of ether oxygens (including phenoxy) is 1. The Kier molecular flexibility index (Phi) is 11.9. The molecule has 4 amide bonds. The van der Waals surface area contributed by atoms with Gasteiger partial charge in [0.1, 0.15) is 30.0 Å². The summed E-state index contributed by atoms with van der Waals surface area (Å²) in [7, 11) is 0. The maximum absolute atomic E-state index is 13.2. The molecule has 0 saturated carbocycles. The molecule has 1 rings (SSSR count). The Bertz CT molecular complexity index is 866. The molecular formula is C25H38N4O6. The first kappa shape index (κ1) is 29.6. The van der Waals surface area contributed by atoms with Crippen LogP contribution in [-0.4, -0.2) is 53.8 Å². The van der Waals surface area contributed by atoms with Crippen molar-refractivity contribution < 1.29 is 28.7 Å². The van der Waals surface area contributed by atoms with Crippen molar-refractivity contribution in [3.05, 3.63) is 35.9 Å². The molecule has 0 radical (unpaired) electrons. The maximum Gasteiger partial charge on any atom is 0.408 e. The van der Waals surface area contributed by atoms with Crippen molar-refractivity contribution in [2.75, 3.05) is 0 Å². The first-order valence-electron chi connectivity index (χ1n) is 11.7. The molecule has 194 valence electrons. The lowest BCUT2D eigenvalue weighted by atomic mass is 10.0.